The van der Waals surface area contributed by atoms with E-state index < -0.39 is 6.10 Å². The molecule has 0 radical (unpaired) electrons. The lowest BCUT2D eigenvalue weighted by atomic mass is 10.0. The largest absolute Gasteiger partial charge is 0.488 e. The number of carbonyl (C=O) groups excluding carboxylic acids is 1. The number of aromatic nitrogens is 3. The summed E-state index contributed by atoms with van der Waals surface area (Å²) in [5, 5.41) is 11.6. The molecule has 3 aromatic heterocycles. The van der Waals surface area contributed by atoms with Gasteiger partial charge in [0.15, 0.2) is 0 Å². The molecule has 29 heavy (non-hydrogen) atoms. The van der Waals surface area contributed by atoms with Gasteiger partial charge >= 0.3 is 0 Å². The van der Waals surface area contributed by atoms with Crippen LogP contribution in [-0.4, -0.2) is 55.6 Å². The number of fused-ring (bicyclic) bond motifs is 2. The quantitative estimate of drug-likeness (QED) is 0.583. The van der Waals surface area contributed by atoms with Crippen molar-refractivity contribution in [1.82, 2.24) is 19.3 Å². The number of benzene rings is 1. The summed E-state index contributed by atoms with van der Waals surface area (Å²) in [6.07, 6.45) is 4.74. The maximum Gasteiger partial charge on any atom is 0.274 e. The van der Waals surface area contributed by atoms with Crippen molar-refractivity contribution >= 4 is 22.5 Å². The zero-order chi connectivity index (χ0) is 19.8. The van der Waals surface area contributed by atoms with Crippen molar-refractivity contribution in [1.29, 1.82) is 0 Å². The molecule has 1 aliphatic rings. The molecule has 1 aromatic carbocycles. The number of piperidine rings is 1. The fourth-order valence-electron chi connectivity index (χ4n) is 3.73. The molecule has 0 saturated carbocycles. The minimum Gasteiger partial charge on any atom is -0.488 e. The average molecular weight is 388 g/mol. The summed E-state index contributed by atoms with van der Waals surface area (Å²) in [5.74, 6) is 0.512. The van der Waals surface area contributed by atoms with Crippen LogP contribution in [0.2, 0.25) is 0 Å². The second kappa shape index (κ2) is 7.18. The Morgan fingerprint density at radius 3 is 2.97 bits per heavy atom. The van der Waals surface area contributed by atoms with Crippen LogP contribution in [0.3, 0.4) is 0 Å². The summed E-state index contributed by atoms with van der Waals surface area (Å²) in [5.41, 5.74) is 2.00. The third-order valence-electron chi connectivity index (χ3n) is 5.25. The zero-order valence-electron chi connectivity index (χ0n) is 15.7. The zero-order valence-corrected chi connectivity index (χ0v) is 15.7. The number of amides is 1. The van der Waals surface area contributed by atoms with E-state index in [-0.39, 0.29) is 18.6 Å². The minimum atomic E-state index is -0.769. The molecule has 1 saturated heterocycles. The van der Waals surface area contributed by atoms with Crippen molar-refractivity contribution < 1.29 is 14.6 Å². The van der Waals surface area contributed by atoms with Crippen LogP contribution in [0.5, 0.6) is 5.75 Å². The van der Waals surface area contributed by atoms with Gasteiger partial charge in [0.25, 0.3) is 5.91 Å². The Kier molecular flexibility index (Phi) is 4.37. The molecule has 4 aromatic rings. The Bertz CT molecular complexity index is 1160. The summed E-state index contributed by atoms with van der Waals surface area (Å²) >= 11 is 0. The predicted octanol–water partition coefficient (Wildman–Crippen LogP) is 2.54. The van der Waals surface area contributed by atoms with Crippen LogP contribution in [0.1, 0.15) is 16.9 Å². The van der Waals surface area contributed by atoms with Gasteiger partial charge in [0, 0.05) is 36.9 Å². The Balaban J connectivity index is 1.27. The second-order valence-electron chi connectivity index (χ2n) is 7.21. The van der Waals surface area contributed by atoms with Gasteiger partial charge in [0.2, 0.25) is 0 Å². The van der Waals surface area contributed by atoms with Crippen molar-refractivity contribution in [3.05, 3.63) is 72.8 Å². The first kappa shape index (κ1) is 17.6. The van der Waals surface area contributed by atoms with E-state index in [4.69, 9.17) is 4.74 Å². The molecular weight excluding hydrogens is 368 g/mol. The van der Waals surface area contributed by atoms with Crippen LogP contribution in [0, 0.1) is 0 Å². The van der Waals surface area contributed by atoms with Gasteiger partial charge in [-0.15, -0.1) is 0 Å². The Morgan fingerprint density at radius 1 is 1.17 bits per heavy atom. The highest BCUT2D eigenvalue weighted by molar-refractivity contribution is 5.93. The number of aliphatic hydroxyl groups is 1. The maximum absolute atomic E-state index is 12.8. The second-order valence-corrected chi connectivity index (χ2v) is 7.21. The number of β-amino-alcohol motifs (C(OH)–C–C–N with tert-alkyl or cyclic N) is 1. The summed E-state index contributed by atoms with van der Waals surface area (Å²) < 4.78 is 7.84. The van der Waals surface area contributed by atoms with Gasteiger partial charge in [-0.05, 0) is 36.4 Å². The third kappa shape index (κ3) is 3.40. The highest BCUT2D eigenvalue weighted by Gasteiger charge is 2.32. The topological polar surface area (TPSA) is 80.0 Å². The molecular formula is C22H20N4O3. The van der Waals surface area contributed by atoms with E-state index in [1.165, 1.54) is 0 Å². The average Bonchev–Trinajstić information content (AvgIpc) is 3.19. The number of hydrogen-bond donors (Lipinski definition) is 1. The molecule has 2 atom stereocenters. The van der Waals surface area contributed by atoms with Crippen molar-refractivity contribution in [2.75, 3.05) is 13.1 Å². The smallest absolute Gasteiger partial charge is 0.274 e. The van der Waals surface area contributed by atoms with E-state index in [1.807, 2.05) is 59.1 Å². The number of rotatable bonds is 3. The number of pyridine rings is 2. The molecule has 4 heterocycles. The lowest BCUT2D eigenvalue weighted by molar-refractivity contribution is -0.0199. The van der Waals surface area contributed by atoms with E-state index >= 15 is 0 Å². The molecule has 7 nitrogen and oxygen atoms in total. The van der Waals surface area contributed by atoms with Gasteiger partial charge in [0.05, 0.1) is 12.1 Å². The van der Waals surface area contributed by atoms with E-state index in [0.717, 1.165) is 16.6 Å². The molecule has 0 bridgehead atoms. The number of imidazole rings is 1. The normalized spacial score (nSPS) is 19.6. The van der Waals surface area contributed by atoms with Crippen LogP contribution in [0.25, 0.3) is 16.6 Å². The number of carbonyl (C=O) groups is 1. The number of likely N-dealkylation sites (tertiary alicyclic amines) is 1. The van der Waals surface area contributed by atoms with Crippen LogP contribution < -0.4 is 4.74 Å². The standard InChI is InChI=1S/C22H20N4O3/c27-19-14-26(22(28)18-13-25-10-2-1-5-21(25)24-18)11-8-20(19)29-16-6-7-17-15(12-16)4-3-9-23-17/h1-7,9-10,12-13,19-20,27H,8,11,14H2/t19-,20-/m1/s1. The molecule has 1 N–H and O–H groups in total. The number of aliphatic hydroxyl groups excluding tert-OH is 1. The molecule has 0 spiro atoms. The fourth-order valence-corrected chi connectivity index (χ4v) is 3.73. The molecule has 1 aliphatic heterocycles. The molecule has 0 aliphatic carbocycles. The third-order valence-corrected chi connectivity index (χ3v) is 5.25. The molecule has 146 valence electrons. The highest BCUT2D eigenvalue weighted by atomic mass is 16.5. The van der Waals surface area contributed by atoms with Gasteiger partial charge < -0.3 is 19.1 Å². The van der Waals surface area contributed by atoms with Gasteiger partial charge in [-0.3, -0.25) is 9.78 Å². The van der Waals surface area contributed by atoms with E-state index in [2.05, 4.69) is 9.97 Å². The first-order chi connectivity index (χ1) is 14.2. The summed E-state index contributed by atoms with van der Waals surface area (Å²) in [7, 11) is 0. The number of nitrogens with zero attached hydrogens (tertiary/aromatic N) is 4. The Morgan fingerprint density at radius 2 is 2.10 bits per heavy atom. The number of ether oxygens (including phenoxy) is 1. The highest BCUT2D eigenvalue weighted by Crippen LogP contribution is 2.24. The molecule has 1 fully saturated rings. The molecule has 0 unspecified atom stereocenters. The van der Waals surface area contributed by atoms with E-state index in [1.54, 1.807) is 17.3 Å². The SMILES string of the molecule is O=C(c1cn2ccccc2n1)N1CC[C@@H](Oc2ccc3ncccc3c2)[C@H](O)C1. The van der Waals surface area contributed by atoms with Gasteiger partial charge in [-0.1, -0.05) is 12.1 Å². The molecule has 5 rings (SSSR count). The summed E-state index contributed by atoms with van der Waals surface area (Å²) in [4.78, 5) is 23.1. The first-order valence-electron chi connectivity index (χ1n) is 9.60. The van der Waals surface area contributed by atoms with Crippen molar-refractivity contribution in [3.8, 4) is 5.75 Å². The van der Waals surface area contributed by atoms with E-state index in [9.17, 15) is 9.90 Å². The maximum atomic E-state index is 12.8. The van der Waals surface area contributed by atoms with Gasteiger partial charge in [0.1, 0.15) is 29.3 Å². The Hall–Kier alpha value is -3.45. The predicted molar refractivity (Wildman–Crippen MR) is 108 cm³/mol. The fraction of sp³-hybridized carbons (Fsp3) is 0.227. The first-order valence-corrected chi connectivity index (χ1v) is 9.60. The van der Waals surface area contributed by atoms with Crippen LogP contribution in [0.15, 0.2) is 67.1 Å². The monoisotopic (exact) mass is 388 g/mol. The summed E-state index contributed by atoms with van der Waals surface area (Å²) in [6.45, 7) is 0.718. The molecule has 7 heteroatoms. The number of hydrogen-bond acceptors (Lipinski definition) is 5. The van der Waals surface area contributed by atoms with Crippen LogP contribution in [-0.2, 0) is 0 Å². The Labute approximate surface area is 167 Å². The van der Waals surface area contributed by atoms with Crippen LogP contribution >= 0.6 is 0 Å². The minimum absolute atomic E-state index is 0.178. The van der Waals surface area contributed by atoms with Gasteiger partial charge in [-0.2, -0.15) is 0 Å². The molecule has 1 amide bonds. The van der Waals surface area contributed by atoms with Crippen molar-refractivity contribution in [3.63, 3.8) is 0 Å². The van der Waals surface area contributed by atoms with Crippen LogP contribution in [0.4, 0.5) is 0 Å². The lowest BCUT2D eigenvalue weighted by Crippen LogP contribution is -2.51. The van der Waals surface area contributed by atoms with Crippen molar-refractivity contribution in [2.24, 2.45) is 0 Å². The van der Waals surface area contributed by atoms with E-state index in [0.29, 0.717) is 24.4 Å². The lowest BCUT2D eigenvalue weighted by Gasteiger charge is -2.35. The summed E-state index contributed by atoms with van der Waals surface area (Å²) in [6, 6.07) is 15.2. The van der Waals surface area contributed by atoms with Gasteiger partial charge in [-0.25, -0.2) is 4.98 Å². The van der Waals surface area contributed by atoms with Crippen molar-refractivity contribution in [2.45, 2.75) is 18.6 Å².